The predicted molar refractivity (Wildman–Crippen MR) is 96.6 cm³/mol. The maximum absolute atomic E-state index is 11.9. The van der Waals surface area contributed by atoms with Crippen LogP contribution in [0.4, 0.5) is 0 Å². The highest BCUT2D eigenvalue weighted by atomic mass is 16.5. The molecule has 0 fully saturated rings. The summed E-state index contributed by atoms with van der Waals surface area (Å²) in [6.45, 7) is 0.533. The molecule has 0 bridgehead atoms. The molecule has 0 atom stereocenters. The van der Waals surface area contributed by atoms with E-state index in [9.17, 15) is 4.79 Å². The fourth-order valence-electron chi connectivity index (χ4n) is 2.58. The van der Waals surface area contributed by atoms with Crippen LogP contribution in [-0.2, 0) is 17.6 Å². The summed E-state index contributed by atoms with van der Waals surface area (Å²) in [5.41, 5.74) is 2.28. The largest absolute Gasteiger partial charge is 0.483 e. The minimum absolute atomic E-state index is 0.00393. The van der Waals surface area contributed by atoms with Gasteiger partial charge in [-0.05, 0) is 29.3 Å². The molecule has 0 spiro atoms. The lowest BCUT2D eigenvalue weighted by Gasteiger charge is -2.11. The van der Waals surface area contributed by atoms with Crippen LogP contribution < -0.4 is 10.1 Å². The van der Waals surface area contributed by atoms with E-state index in [1.54, 1.807) is 6.26 Å². The van der Waals surface area contributed by atoms with Crippen molar-refractivity contribution in [2.24, 2.45) is 0 Å². The zero-order chi connectivity index (χ0) is 17.3. The van der Waals surface area contributed by atoms with Gasteiger partial charge in [0, 0.05) is 19.4 Å². The van der Waals surface area contributed by atoms with Crippen LogP contribution in [0.25, 0.3) is 0 Å². The average molecular weight is 335 g/mol. The third-order valence-electron chi connectivity index (χ3n) is 3.84. The maximum atomic E-state index is 11.9. The Balaban J connectivity index is 1.50. The molecule has 0 radical (unpaired) electrons. The van der Waals surface area contributed by atoms with Crippen LogP contribution in [-0.4, -0.2) is 19.1 Å². The molecule has 0 aliphatic rings. The summed E-state index contributed by atoms with van der Waals surface area (Å²) in [7, 11) is 0. The van der Waals surface area contributed by atoms with E-state index in [2.05, 4.69) is 17.4 Å². The van der Waals surface area contributed by atoms with Crippen molar-refractivity contribution in [1.82, 2.24) is 5.32 Å². The van der Waals surface area contributed by atoms with Gasteiger partial charge in [0.1, 0.15) is 11.5 Å². The Morgan fingerprint density at radius 3 is 2.56 bits per heavy atom. The Kier molecular flexibility index (Phi) is 5.88. The average Bonchev–Trinajstić information content (AvgIpc) is 3.15. The summed E-state index contributed by atoms with van der Waals surface area (Å²) in [6.07, 6.45) is 3.07. The van der Waals surface area contributed by atoms with Gasteiger partial charge in [-0.1, -0.05) is 48.5 Å². The first kappa shape index (κ1) is 16.8. The number of rotatable bonds is 8. The number of benzene rings is 2. The quantitative estimate of drug-likeness (QED) is 0.684. The molecule has 0 saturated carbocycles. The molecule has 1 heterocycles. The molecule has 3 rings (SSSR count). The number of amides is 1. The number of hydrogen-bond acceptors (Lipinski definition) is 3. The first-order chi connectivity index (χ1) is 12.3. The van der Waals surface area contributed by atoms with Crippen molar-refractivity contribution in [2.75, 3.05) is 13.2 Å². The summed E-state index contributed by atoms with van der Waals surface area (Å²) in [6, 6.07) is 21.7. The van der Waals surface area contributed by atoms with E-state index in [0.717, 1.165) is 23.5 Å². The van der Waals surface area contributed by atoms with Gasteiger partial charge in [0.2, 0.25) is 0 Å². The smallest absolute Gasteiger partial charge is 0.257 e. The molecule has 0 saturated heterocycles. The second-order valence-corrected chi connectivity index (χ2v) is 5.74. The monoisotopic (exact) mass is 335 g/mol. The SMILES string of the molecule is O=C(COc1ccccc1Cc1ccccc1)NCCc1ccco1. The first-order valence-electron chi connectivity index (χ1n) is 8.35. The van der Waals surface area contributed by atoms with Gasteiger partial charge in [-0.3, -0.25) is 4.79 Å². The van der Waals surface area contributed by atoms with Crippen LogP contribution in [0.2, 0.25) is 0 Å². The van der Waals surface area contributed by atoms with Gasteiger partial charge in [-0.2, -0.15) is 0 Å². The number of furan rings is 1. The van der Waals surface area contributed by atoms with Crippen LogP contribution in [0.1, 0.15) is 16.9 Å². The second kappa shape index (κ2) is 8.73. The fraction of sp³-hybridized carbons (Fsp3) is 0.190. The minimum atomic E-state index is -0.138. The first-order valence-corrected chi connectivity index (χ1v) is 8.35. The molecular formula is C21H21NO3. The second-order valence-electron chi connectivity index (χ2n) is 5.74. The van der Waals surface area contributed by atoms with Crippen molar-refractivity contribution in [1.29, 1.82) is 0 Å². The van der Waals surface area contributed by atoms with Crippen molar-refractivity contribution in [3.05, 3.63) is 89.9 Å². The van der Waals surface area contributed by atoms with Crippen molar-refractivity contribution in [3.63, 3.8) is 0 Å². The Morgan fingerprint density at radius 2 is 1.76 bits per heavy atom. The summed E-state index contributed by atoms with van der Waals surface area (Å²) in [5, 5.41) is 2.84. The molecule has 1 aromatic heterocycles. The van der Waals surface area contributed by atoms with Gasteiger partial charge >= 0.3 is 0 Å². The lowest BCUT2D eigenvalue weighted by molar-refractivity contribution is -0.123. The summed E-state index contributed by atoms with van der Waals surface area (Å²) in [4.78, 5) is 11.9. The van der Waals surface area contributed by atoms with E-state index < -0.39 is 0 Å². The number of para-hydroxylation sites is 1. The lowest BCUT2D eigenvalue weighted by atomic mass is 10.0. The topological polar surface area (TPSA) is 51.5 Å². The molecule has 4 nitrogen and oxygen atoms in total. The number of hydrogen-bond donors (Lipinski definition) is 1. The van der Waals surface area contributed by atoms with E-state index in [-0.39, 0.29) is 12.5 Å². The van der Waals surface area contributed by atoms with Gasteiger partial charge in [-0.15, -0.1) is 0 Å². The van der Waals surface area contributed by atoms with Crippen LogP contribution in [0, 0.1) is 0 Å². The lowest BCUT2D eigenvalue weighted by Crippen LogP contribution is -2.30. The normalized spacial score (nSPS) is 10.4. The number of nitrogens with one attached hydrogen (secondary N) is 1. The highest BCUT2D eigenvalue weighted by Crippen LogP contribution is 2.21. The summed E-state index contributed by atoms with van der Waals surface area (Å²) in [5.74, 6) is 1.46. The molecule has 1 amide bonds. The van der Waals surface area contributed by atoms with Gasteiger partial charge in [0.15, 0.2) is 6.61 Å². The van der Waals surface area contributed by atoms with Gasteiger partial charge in [0.25, 0.3) is 5.91 Å². The van der Waals surface area contributed by atoms with Gasteiger partial charge in [0.05, 0.1) is 6.26 Å². The van der Waals surface area contributed by atoms with Crippen LogP contribution in [0.5, 0.6) is 5.75 Å². The molecule has 128 valence electrons. The number of carbonyl (C=O) groups is 1. The zero-order valence-corrected chi connectivity index (χ0v) is 14.0. The Bertz CT molecular complexity index is 782. The highest BCUT2D eigenvalue weighted by Gasteiger charge is 2.07. The molecule has 0 aliphatic heterocycles. The maximum Gasteiger partial charge on any atom is 0.257 e. The molecule has 3 aromatic rings. The van der Waals surface area contributed by atoms with Crippen LogP contribution in [0.3, 0.4) is 0 Å². The zero-order valence-electron chi connectivity index (χ0n) is 14.0. The molecule has 4 heteroatoms. The van der Waals surface area contributed by atoms with Crippen molar-refractivity contribution < 1.29 is 13.9 Å². The molecule has 1 N–H and O–H groups in total. The van der Waals surface area contributed by atoms with E-state index in [1.165, 1.54) is 5.56 Å². The molecule has 2 aromatic carbocycles. The van der Waals surface area contributed by atoms with Gasteiger partial charge in [-0.25, -0.2) is 0 Å². The standard InChI is InChI=1S/C21H21NO3/c23-21(22-13-12-19-10-6-14-24-19)16-25-20-11-5-4-9-18(20)15-17-7-2-1-3-8-17/h1-11,14H,12-13,15-16H2,(H,22,23). The molecular weight excluding hydrogens is 314 g/mol. The van der Waals surface area contributed by atoms with E-state index >= 15 is 0 Å². The van der Waals surface area contributed by atoms with E-state index in [0.29, 0.717) is 13.0 Å². The van der Waals surface area contributed by atoms with Gasteiger partial charge < -0.3 is 14.5 Å². The Labute approximate surface area is 147 Å². The van der Waals surface area contributed by atoms with Crippen LogP contribution >= 0.6 is 0 Å². The third kappa shape index (κ3) is 5.24. The fourth-order valence-corrected chi connectivity index (χ4v) is 2.58. The molecule has 25 heavy (non-hydrogen) atoms. The summed E-state index contributed by atoms with van der Waals surface area (Å²) >= 11 is 0. The van der Waals surface area contributed by atoms with E-state index in [4.69, 9.17) is 9.15 Å². The molecule has 0 unspecified atom stereocenters. The number of ether oxygens (including phenoxy) is 1. The number of carbonyl (C=O) groups excluding carboxylic acids is 1. The summed E-state index contributed by atoms with van der Waals surface area (Å²) < 4.78 is 11.0. The Hall–Kier alpha value is -3.01. The van der Waals surface area contributed by atoms with Crippen molar-refractivity contribution in [3.8, 4) is 5.75 Å². The molecule has 0 aliphatic carbocycles. The minimum Gasteiger partial charge on any atom is -0.483 e. The van der Waals surface area contributed by atoms with Crippen molar-refractivity contribution >= 4 is 5.91 Å². The van der Waals surface area contributed by atoms with E-state index in [1.807, 2.05) is 54.6 Å². The van der Waals surface area contributed by atoms with Crippen LogP contribution in [0.15, 0.2) is 77.4 Å². The highest BCUT2D eigenvalue weighted by molar-refractivity contribution is 5.77. The van der Waals surface area contributed by atoms with Crippen molar-refractivity contribution in [2.45, 2.75) is 12.8 Å². The Morgan fingerprint density at radius 1 is 0.960 bits per heavy atom. The predicted octanol–water partition coefficient (Wildman–Crippen LogP) is 3.61. The third-order valence-corrected chi connectivity index (χ3v) is 3.84.